The second-order valence-electron chi connectivity index (χ2n) is 4.97. The summed E-state index contributed by atoms with van der Waals surface area (Å²) in [7, 11) is 3.91. The van der Waals surface area contributed by atoms with Crippen LogP contribution in [0.25, 0.3) is 0 Å². The van der Waals surface area contributed by atoms with Gasteiger partial charge in [-0.2, -0.15) is 0 Å². The van der Waals surface area contributed by atoms with Gasteiger partial charge >= 0.3 is 0 Å². The maximum Gasteiger partial charge on any atom is 0.182 e. The fourth-order valence-corrected chi connectivity index (χ4v) is 2.31. The molecular formula is C14H23F2N3. The second kappa shape index (κ2) is 6.82. The van der Waals surface area contributed by atoms with Crippen molar-refractivity contribution in [1.82, 2.24) is 4.90 Å². The summed E-state index contributed by atoms with van der Waals surface area (Å²) >= 11 is 0. The van der Waals surface area contributed by atoms with Gasteiger partial charge in [-0.1, -0.05) is 6.07 Å². The first-order valence-electron chi connectivity index (χ1n) is 6.50. The monoisotopic (exact) mass is 271 g/mol. The van der Waals surface area contributed by atoms with E-state index in [4.69, 9.17) is 5.73 Å². The number of rotatable bonds is 6. The Kier molecular flexibility index (Phi) is 5.69. The highest BCUT2D eigenvalue weighted by molar-refractivity contribution is 5.50. The molecule has 1 unspecified atom stereocenters. The summed E-state index contributed by atoms with van der Waals surface area (Å²) in [6.07, 6.45) is 0. The van der Waals surface area contributed by atoms with Gasteiger partial charge in [0.25, 0.3) is 0 Å². The van der Waals surface area contributed by atoms with Crippen LogP contribution in [-0.4, -0.2) is 38.1 Å². The lowest BCUT2D eigenvalue weighted by molar-refractivity contribution is 0.370. The van der Waals surface area contributed by atoms with Crippen molar-refractivity contribution in [3.8, 4) is 0 Å². The smallest absolute Gasteiger partial charge is 0.182 e. The summed E-state index contributed by atoms with van der Waals surface area (Å²) in [5.74, 6) is -1.65. The van der Waals surface area contributed by atoms with Crippen LogP contribution in [0.5, 0.6) is 0 Å². The number of hydrogen-bond acceptors (Lipinski definition) is 3. The molecule has 0 saturated heterocycles. The Bertz CT molecular complexity index is 421. The number of anilines is 1. The van der Waals surface area contributed by atoms with Crippen molar-refractivity contribution >= 4 is 5.69 Å². The zero-order valence-corrected chi connectivity index (χ0v) is 12.1. The predicted molar refractivity (Wildman–Crippen MR) is 75.3 cm³/mol. The molecular weight excluding hydrogens is 248 g/mol. The van der Waals surface area contributed by atoms with Crippen molar-refractivity contribution in [1.29, 1.82) is 0 Å². The highest BCUT2D eigenvalue weighted by Gasteiger charge is 2.20. The number of halogens is 2. The predicted octanol–water partition coefficient (Wildman–Crippen LogP) is 2.20. The van der Waals surface area contributed by atoms with E-state index >= 15 is 0 Å². The topological polar surface area (TPSA) is 32.5 Å². The Morgan fingerprint density at radius 2 is 1.84 bits per heavy atom. The van der Waals surface area contributed by atoms with Crippen LogP contribution in [0.1, 0.15) is 19.4 Å². The standard InChI is InChI=1S/C14H23F2N3/c1-5-19(10(2)9-18(3)4)12-7-6-11(8-17)13(15)14(12)16/h6-7,10H,5,8-9,17H2,1-4H3. The average Bonchev–Trinajstić information content (AvgIpc) is 2.34. The zero-order valence-electron chi connectivity index (χ0n) is 12.1. The number of nitrogens with two attached hydrogens (primary N) is 1. The summed E-state index contributed by atoms with van der Waals surface area (Å²) in [5.41, 5.74) is 5.88. The molecule has 0 heterocycles. The summed E-state index contributed by atoms with van der Waals surface area (Å²) in [5, 5.41) is 0. The van der Waals surface area contributed by atoms with E-state index in [1.807, 2.05) is 37.7 Å². The highest BCUT2D eigenvalue weighted by Crippen LogP contribution is 2.25. The molecule has 1 rings (SSSR count). The van der Waals surface area contributed by atoms with Crippen LogP contribution in [0.2, 0.25) is 0 Å². The molecule has 0 bridgehead atoms. The molecule has 3 nitrogen and oxygen atoms in total. The van der Waals surface area contributed by atoms with Gasteiger partial charge in [-0.25, -0.2) is 8.78 Å². The molecule has 0 fully saturated rings. The summed E-state index contributed by atoms with van der Waals surface area (Å²) in [6, 6.07) is 3.26. The summed E-state index contributed by atoms with van der Waals surface area (Å²) < 4.78 is 27.9. The van der Waals surface area contributed by atoms with Gasteiger partial charge in [0.2, 0.25) is 0 Å². The van der Waals surface area contributed by atoms with Gasteiger partial charge in [0.15, 0.2) is 11.6 Å². The van der Waals surface area contributed by atoms with Crippen LogP contribution in [0.4, 0.5) is 14.5 Å². The molecule has 1 aromatic rings. The lowest BCUT2D eigenvalue weighted by Crippen LogP contribution is -2.40. The van der Waals surface area contributed by atoms with E-state index in [0.29, 0.717) is 12.2 Å². The Hall–Kier alpha value is -1.20. The van der Waals surface area contributed by atoms with E-state index < -0.39 is 11.6 Å². The van der Waals surface area contributed by atoms with Crippen molar-refractivity contribution < 1.29 is 8.78 Å². The number of benzene rings is 1. The molecule has 1 atom stereocenters. The maximum absolute atomic E-state index is 14.1. The van der Waals surface area contributed by atoms with Crippen molar-refractivity contribution in [3.63, 3.8) is 0 Å². The Morgan fingerprint density at radius 3 is 2.32 bits per heavy atom. The lowest BCUT2D eigenvalue weighted by Gasteiger charge is -2.32. The Morgan fingerprint density at radius 1 is 1.21 bits per heavy atom. The van der Waals surface area contributed by atoms with Crippen LogP contribution in [0.3, 0.4) is 0 Å². The highest BCUT2D eigenvalue weighted by atomic mass is 19.2. The molecule has 1 aromatic carbocycles. The van der Waals surface area contributed by atoms with Gasteiger partial charge in [0, 0.05) is 31.2 Å². The van der Waals surface area contributed by atoms with Crippen LogP contribution in [0.15, 0.2) is 12.1 Å². The van der Waals surface area contributed by atoms with Gasteiger partial charge < -0.3 is 15.5 Å². The molecule has 19 heavy (non-hydrogen) atoms. The van der Waals surface area contributed by atoms with E-state index in [1.165, 1.54) is 0 Å². The first-order chi connectivity index (χ1) is 8.92. The summed E-state index contributed by atoms with van der Waals surface area (Å²) in [4.78, 5) is 3.88. The third-order valence-corrected chi connectivity index (χ3v) is 3.17. The minimum Gasteiger partial charge on any atom is -0.365 e. The van der Waals surface area contributed by atoms with Crippen molar-refractivity contribution in [3.05, 3.63) is 29.3 Å². The van der Waals surface area contributed by atoms with Crippen molar-refractivity contribution in [2.75, 3.05) is 32.1 Å². The van der Waals surface area contributed by atoms with Gasteiger partial charge in [0.1, 0.15) is 0 Å². The molecule has 0 aromatic heterocycles. The number of likely N-dealkylation sites (N-methyl/N-ethyl adjacent to an activating group) is 2. The van der Waals surface area contributed by atoms with Gasteiger partial charge in [-0.05, 0) is 34.0 Å². The van der Waals surface area contributed by atoms with E-state index in [2.05, 4.69) is 0 Å². The third kappa shape index (κ3) is 3.64. The van der Waals surface area contributed by atoms with Gasteiger partial charge in [-0.3, -0.25) is 0 Å². The van der Waals surface area contributed by atoms with Gasteiger partial charge in [-0.15, -0.1) is 0 Å². The molecule has 0 aliphatic carbocycles. The molecule has 0 radical (unpaired) electrons. The minimum atomic E-state index is -0.837. The quantitative estimate of drug-likeness (QED) is 0.861. The fraction of sp³-hybridized carbons (Fsp3) is 0.571. The molecule has 0 spiro atoms. The first kappa shape index (κ1) is 15.9. The maximum atomic E-state index is 14.1. The van der Waals surface area contributed by atoms with Crippen molar-refractivity contribution in [2.45, 2.75) is 26.4 Å². The van der Waals surface area contributed by atoms with Crippen LogP contribution in [-0.2, 0) is 6.54 Å². The summed E-state index contributed by atoms with van der Waals surface area (Å²) in [6.45, 7) is 5.32. The van der Waals surface area contributed by atoms with Crippen LogP contribution in [0, 0.1) is 11.6 Å². The second-order valence-corrected chi connectivity index (χ2v) is 4.97. The van der Waals surface area contributed by atoms with E-state index in [-0.39, 0.29) is 18.2 Å². The van der Waals surface area contributed by atoms with Crippen LogP contribution < -0.4 is 10.6 Å². The molecule has 0 amide bonds. The molecule has 2 N–H and O–H groups in total. The molecule has 108 valence electrons. The molecule has 5 heteroatoms. The van der Waals surface area contributed by atoms with Crippen LogP contribution >= 0.6 is 0 Å². The number of nitrogens with zero attached hydrogens (tertiary/aromatic N) is 2. The first-order valence-corrected chi connectivity index (χ1v) is 6.50. The normalized spacial score (nSPS) is 12.8. The Balaban J connectivity index is 3.08. The zero-order chi connectivity index (χ0) is 14.6. The van der Waals surface area contributed by atoms with Crippen molar-refractivity contribution in [2.24, 2.45) is 5.73 Å². The SMILES string of the molecule is CCN(c1ccc(CN)c(F)c1F)C(C)CN(C)C. The van der Waals surface area contributed by atoms with E-state index in [1.54, 1.807) is 12.1 Å². The molecule has 0 saturated carbocycles. The fourth-order valence-electron chi connectivity index (χ4n) is 2.31. The minimum absolute atomic E-state index is 0.00239. The Labute approximate surface area is 114 Å². The van der Waals surface area contributed by atoms with E-state index in [9.17, 15) is 8.78 Å². The van der Waals surface area contributed by atoms with E-state index in [0.717, 1.165) is 6.54 Å². The van der Waals surface area contributed by atoms with Gasteiger partial charge in [0.05, 0.1) is 5.69 Å². The number of hydrogen-bond donors (Lipinski definition) is 1. The molecule has 0 aliphatic heterocycles. The molecule has 0 aliphatic rings. The average molecular weight is 271 g/mol. The largest absolute Gasteiger partial charge is 0.365 e. The lowest BCUT2D eigenvalue weighted by atomic mass is 10.1. The third-order valence-electron chi connectivity index (χ3n) is 3.17.